The van der Waals surface area contributed by atoms with E-state index in [1.165, 1.54) is 0 Å². The maximum Gasteiger partial charge on any atom is 0.253 e. The van der Waals surface area contributed by atoms with Gasteiger partial charge in [0.25, 0.3) is 11.8 Å². The number of hydrogen-bond donors (Lipinski definition) is 2. The molecule has 0 unspecified atom stereocenters. The van der Waals surface area contributed by atoms with Crippen LogP contribution in [0.5, 0.6) is 0 Å². The molecule has 0 aliphatic heterocycles. The number of nitrogens with two attached hydrogens (primary N) is 1. The van der Waals surface area contributed by atoms with Crippen LogP contribution < -0.4 is 11.1 Å². The molecule has 2 aromatic carbocycles. The molecule has 0 atom stereocenters. The molecule has 0 saturated heterocycles. The van der Waals surface area contributed by atoms with Crippen molar-refractivity contribution in [1.82, 2.24) is 10.2 Å². The van der Waals surface area contributed by atoms with Crippen LogP contribution in [0.1, 0.15) is 33.2 Å². The van der Waals surface area contributed by atoms with Crippen LogP contribution in [0.25, 0.3) is 0 Å². The predicted octanol–water partition coefficient (Wildman–Crippen LogP) is 2.76. The van der Waals surface area contributed by atoms with E-state index in [2.05, 4.69) is 5.32 Å². The molecular formula is C19H24ClN3O2. The summed E-state index contributed by atoms with van der Waals surface area (Å²) in [4.78, 5) is 26.0. The predicted molar refractivity (Wildman–Crippen MR) is 103 cm³/mol. The summed E-state index contributed by atoms with van der Waals surface area (Å²) in [5.41, 5.74) is 8.49. The Kier molecular flexibility index (Phi) is 7.95. The van der Waals surface area contributed by atoms with E-state index in [4.69, 9.17) is 5.73 Å². The molecule has 0 spiro atoms. The van der Waals surface area contributed by atoms with Gasteiger partial charge in [-0.05, 0) is 49.2 Å². The molecule has 3 N–H and O–H groups in total. The van der Waals surface area contributed by atoms with E-state index >= 15 is 0 Å². The van der Waals surface area contributed by atoms with Gasteiger partial charge in [0.1, 0.15) is 0 Å². The summed E-state index contributed by atoms with van der Waals surface area (Å²) in [6.45, 7) is 3.05. The number of rotatable bonds is 6. The van der Waals surface area contributed by atoms with Crippen molar-refractivity contribution in [3.05, 3.63) is 65.2 Å². The molecule has 0 aliphatic rings. The zero-order chi connectivity index (χ0) is 17.5. The van der Waals surface area contributed by atoms with Crippen LogP contribution in [-0.2, 0) is 6.42 Å². The van der Waals surface area contributed by atoms with Gasteiger partial charge in [0.05, 0.1) is 0 Å². The summed E-state index contributed by atoms with van der Waals surface area (Å²) in [6, 6.07) is 14.4. The third-order valence-corrected chi connectivity index (χ3v) is 3.87. The minimum absolute atomic E-state index is 0. The minimum atomic E-state index is -0.181. The minimum Gasteiger partial charge on any atom is -0.399 e. The van der Waals surface area contributed by atoms with Crippen molar-refractivity contribution < 1.29 is 9.59 Å². The van der Waals surface area contributed by atoms with Crippen LogP contribution in [-0.4, -0.2) is 36.9 Å². The zero-order valence-corrected chi connectivity index (χ0v) is 15.3. The number of carbonyl (C=O) groups is 2. The first-order chi connectivity index (χ1) is 11.5. The Balaban J connectivity index is 0.00000312. The molecule has 0 aliphatic carbocycles. The zero-order valence-electron chi connectivity index (χ0n) is 14.5. The molecule has 25 heavy (non-hydrogen) atoms. The summed E-state index contributed by atoms with van der Waals surface area (Å²) in [5, 5.41) is 2.88. The molecule has 0 aromatic heterocycles. The Hall–Kier alpha value is -2.53. The fourth-order valence-corrected chi connectivity index (χ4v) is 2.26. The summed E-state index contributed by atoms with van der Waals surface area (Å²) < 4.78 is 0. The third kappa shape index (κ3) is 5.80. The van der Waals surface area contributed by atoms with Crippen LogP contribution >= 0.6 is 12.4 Å². The van der Waals surface area contributed by atoms with Gasteiger partial charge < -0.3 is 16.0 Å². The van der Waals surface area contributed by atoms with E-state index in [0.717, 1.165) is 17.7 Å². The number of anilines is 1. The lowest BCUT2D eigenvalue weighted by Crippen LogP contribution is -2.28. The number of halogens is 1. The molecule has 5 nitrogen and oxygen atoms in total. The Labute approximate surface area is 154 Å². The van der Waals surface area contributed by atoms with Gasteiger partial charge in [-0.25, -0.2) is 0 Å². The van der Waals surface area contributed by atoms with Gasteiger partial charge in [-0.3, -0.25) is 9.59 Å². The molecule has 2 amide bonds. The lowest BCUT2D eigenvalue weighted by molar-refractivity contribution is 0.0802. The van der Waals surface area contributed by atoms with Crippen LogP contribution in [0, 0.1) is 0 Å². The normalized spacial score (nSPS) is 9.84. The molecule has 0 heterocycles. The SMILES string of the molecule is CCN(C)C(=O)c1cccc(C(=O)NCCc2ccc(N)cc2)c1.Cl. The highest BCUT2D eigenvalue weighted by molar-refractivity contribution is 5.99. The fraction of sp³-hybridized carbons (Fsp3) is 0.263. The molecule has 0 fully saturated rings. The molecular weight excluding hydrogens is 338 g/mol. The average molecular weight is 362 g/mol. The third-order valence-electron chi connectivity index (χ3n) is 3.87. The van der Waals surface area contributed by atoms with Crippen LogP contribution in [0.15, 0.2) is 48.5 Å². The smallest absolute Gasteiger partial charge is 0.253 e. The Morgan fingerprint density at radius 2 is 1.72 bits per heavy atom. The lowest BCUT2D eigenvalue weighted by atomic mass is 10.1. The van der Waals surface area contributed by atoms with Crippen LogP contribution in [0.2, 0.25) is 0 Å². The van der Waals surface area contributed by atoms with Crippen LogP contribution in [0.3, 0.4) is 0 Å². The Morgan fingerprint density at radius 1 is 1.08 bits per heavy atom. The monoisotopic (exact) mass is 361 g/mol. The molecule has 2 aromatic rings. The maximum absolute atomic E-state index is 12.2. The summed E-state index contributed by atoms with van der Waals surface area (Å²) >= 11 is 0. The van der Waals surface area contributed by atoms with Gasteiger partial charge >= 0.3 is 0 Å². The number of benzene rings is 2. The van der Waals surface area contributed by atoms with Crippen molar-refractivity contribution >= 4 is 29.9 Å². The van der Waals surface area contributed by atoms with Crippen LogP contribution in [0.4, 0.5) is 5.69 Å². The molecule has 0 radical (unpaired) electrons. The van der Waals surface area contributed by atoms with Gasteiger partial charge in [-0.2, -0.15) is 0 Å². The number of amides is 2. The standard InChI is InChI=1S/C19H23N3O2.ClH/c1-3-22(2)19(24)16-6-4-5-15(13-16)18(23)21-12-11-14-7-9-17(20)10-8-14;/h4-10,13H,3,11-12,20H2,1-2H3,(H,21,23);1H. The highest BCUT2D eigenvalue weighted by Crippen LogP contribution is 2.09. The second-order valence-corrected chi connectivity index (χ2v) is 5.65. The number of nitrogen functional groups attached to an aromatic ring is 1. The fourth-order valence-electron chi connectivity index (χ4n) is 2.26. The number of nitrogens with one attached hydrogen (secondary N) is 1. The Morgan fingerprint density at radius 3 is 2.36 bits per heavy atom. The van der Waals surface area contributed by atoms with Gasteiger partial charge in [0.15, 0.2) is 0 Å². The van der Waals surface area contributed by atoms with Gasteiger partial charge in [-0.1, -0.05) is 18.2 Å². The van der Waals surface area contributed by atoms with Gasteiger partial charge in [0.2, 0.25) is 0 Å². The molecule has 0 bridgehead atoms. The van der Waals surface area contributed by atoms with Crippen molar-refractivity contribution in [2.75, 3.05) is 25.9 Å². The van der Waals surface area contributed by atoms with E-state index in [0.29, 0.717) is 24.2 Å². The average Bonchev–Trinajstić information content (AvgIpc) is 2.62. The summed E-state index contributed by atoms with van der Waals surface area (Å²) in [5.74, 6) is -0.270. The summed E-state index contributed by atoms with van der Waals surface area (Å²) in [6.07, 6.45) is 0.725. The van der Waals surface area contributed by atoms with Gasteiger partial charge in [0, 0.05) is 37.0 Å². The second kappa shape index (κ2) is 9.69. The van der Waals surface area contributed by atoms with E-state index in [1.54, 1.807) is 36.2 Å². The molecule has 6 heteroatoms. The Bertz CT molecular complexity index is 717. The highest BCUT2D eigenvalue weighted by Gasteiger charge is 2.12. The topological polar surface area (TPSA) is 75.4 Å². The van der Waals surface area contributed by atoms with Gasteiger partial charge in [-0.15, -0.1) is 12.4 Å². The lowest BCUT2D eigenvalue weighted by Gasteiger charge is -2.15. The first-order valence-corrected chi connectivity index (χ1v) is 7.99. The van der Waals surface area contributed by atoms with E-state index in [1.807, 2.05) is 31.2 Å². The first-order valence-electron chi connectivity index (χ1n) is 7.99. The quantitative estimate of drug-likeness (QED) is 0.777. The van der Waals surface area contributed by atoms with Crippen molar-refractivity contribution in [3.63, 3.8) is 0 Å². The van der Waals surface area contributed by atoms with Crippen molar-refractivity contribution in [2.45, 2.75) is 13.3 Å². The maximum atomic E-state index is 12.2. The number of carbonyl (C=O) groups excluding carboxylic acids is 2. The number of hydrogen-bond acceptors (Lipinski definition) is 3. The molecule has 2 rings (SSSR count). The van der Waals surface area contributed by atoms with Crippen molar-refractivity contribution in [3.8, 4) is 0 Å². The summed E-state index contributed by atoms with van der Waals surface area (Å²) in [7, 11) is 1.74. The van der Waals surface area contributed by atoms with E-state index in [9.17, 15) is 9.59 Å². The van der Waals surface area contributed by atoms with Crippen molar-refractivity contribution in [1.29, 1.82) is 0 Å². The second-order valence-electron chi connectivity index (χ2n) is 5.65. The molecule has 134 valence electrons. The van der Waals surface area contributed by atoms with E-state index < -0.39 is 0 Å². The first kappa shape index (κ1) is 20.5. The molecule has 0 saturated carbocycles. The van der Waals surface area contributed by atoms with Crippen molar-refractivity contribution in [2.24, 2.45) is 0 Å². The highest BCUT2D eigenvalue weighted by atomic mass is 35.5. The van der Waals surface area contributed by atoms with E-state index in [-0.39, 0.29) is 24.2 Å². The number of nitrogens with zero attached hydrogens (tertiary/aromatic N) is 1. The largest absolute Gasteiger partial charge is 0.399 e.